The summed E-state index contributed by atoms with van der Waals surface area (Å²) in [5, 5.41) is 7.00. The van der Waals surface area contributed by atoms with Crippen molar-refractivity contribution in [3.05, 3.63) is 12.2 Å². The van der Waals surface area contributed by atoms with Crippen LogP contribution in [0.15, 0.2) is 12.2 Å². The molecule has 0 heterocycles. The minimum atomic E-state index is 1.00. The summed E-state index contributed by atoms with van der Waals surface area (Å²) in [6.45, 7) is 0. The van der Waals surface area contributed by atoms with Gasteiger partial charge in [0.15, 0.2) is 0 Å². The van der Waals surface area contributed by atoms with E-state index in [0.717, 1.165) is 7.11 Å². The topological polar surface area (TPSA) is 20.2 Å². The zero-order valence-electron chi connectivity index (χ0n) is 5.43. The SMILES string of the molecule is C1=CCCCC1.CO. The van der Waals surface area contributed by atoms with Gasteiger partial charge in [-0.3, -0.25) is 0 Å². The number of hydrogen-bond acceptors (Lipinski definition) is 1. The molecule has 0 aromatic carbocycles. The van der Waals surface area contributed by atoms with E-state index in [1.807, 2.05) is 0 Å². The normalized spacial score (nSPS) is 16.8. The van der Waals surface area contributed by atoms with E-state index in [2.05, 4.69) is 12.2 Å². The van der Waals surface area contributed by atoms with Gasteiger partial charge in [-0.05, 0) is 25.7 Å². The Morgan fingerprint density at radius 1 is 1.00 bits per heavy atom. The molecule has 48 valence electrons. The summed E-state index contributed by atoms with van der Waals surface area (Å²) in [5.41, 5.74) is 0. The van der Waals surface area contributed by atoms with E-state index in [1.165, 1.54) is 25.7 Å². The van der Waals surface area contributed by atoms with Gasteiger partial charge in [-0.2, -0.15) is 0 Å². The molecule has 0 saturated heterocycles. The molecule has 0 spiro atoms. The number of aliphatic hydroxyl groups excluding tert-OH is 1. The third kappa shape index (κ3) is 3.88. The second-order valence-electron chi connectivity index (χ2n) is 1.76. The molecular weight excluding hydrogens is 100 g/mol. The van der Waals surface area contributed by atoms with Crippen molar-refractivity contribution in [1.82, 2.24) is 0 Å². The Bertz CT molecular complexity index is 49.4. The highest BCUT2D eigenvalue weighted by Crippen LogP contribution is 2.07. The summed E-state index contributed by atoms with van der Waals surface area (Å²) in [6.07, 6.45) is 10.0. The molecule has 1 aliphatic rings. The third-order valence-electron chi connectivity index (χ3n) is 1.16. The van der Waals surface area contributed by atoms with E-state index in [4.69, 9.17) is 5.11 Å². The van der Waals surface area contributed by atoms with Crippen molar-refractivity contribution in [2.45, 2.75) is 25.7 Å². The van der Waals surface area contributed by atoms with Crippen molar-refractivity contribution in [3.8, 4) is 0 Å². The van der Waals surface area contributed by atoms with Gasteiger partial charge in [0, 0.05) is 7.11 Å². The smallest absolute Gasteiger partial charge is 0.0319 e. The van der Waals surface area contributed by atoms with Crippen LogP contribution < -0.4 is 0 Å². The predicted octanol–water partition coefficient (Wildman–Crippen LogP) is 1.73. The van der Waals surface area contributed by atoms with Crippen LogP contribution in [-0.4, -0.2) is 12.2 Å². The van der Waals surface area contributed by atoms with E-state index in [-0.39, 0.29) is 0 Å². The maximum Gasteiger partial charge on any atom is 0.0319 e. The summed E-state index contributed by atoms with van der Waals surface area (Å²) >= 11 is 0. The molecule has 0 aromatic rings. The van der Waals surface area contributed by atoms with Gasteiger partial charge in [0.25, 0.3) is 0 Å². The van der Waals surface area contributed by atoms with Crippen LogP contribution in [0.1, 0.15) is 25.7 Å². The van der Waals surface area contributed by atoms with Crippen LogP contribution in [0, 0.1) is 0 Å². The van der Waals surface area contributed by atoms with Crippen molar-refractivity contribution in [2.75, 3.05) is 7.11 Å². The average molecular weight is 114 g/mol. The highest BCUT2D eigenvalue weighted by molar-refractivity contribution is 4.85. The van der Waals surface area contributed by atoms with E-state index >= 15 is 0 Å². The minimum absolute atomic E-state index is 1.00. The van der Waals surface area contributed by atoms with Crippen LogP contribution in [0.25, 0.3) is 0 Å². The molecule has 0 bridgehead atoms. The highest BCUT2D eigenvalue weighted by Gasteiger charge is 1.87. The van der Waals surface area contributed by atoms with E-state index in [1.54, 1.807) is 0 Å². The molecular formula is C7H14O. The predicted molar refractivity (Wildman–Crippen MR) is 35.8 cm³/mol. The Balaban J connectivity index is 0.000000222. The van der Waals surface area contributed by atoms with Crippen LogP contribution >= 0.6 is 0 Å². The van der Waals surface area contributed by atoms with E-state index < -0.39 is 0 Å². The van der Waals surface area contributed by atoms with Crippen LogP contribution in [-0.2, 0) is 0 Å². The lowest BCUT2D eigenvalue weighted by Crippen LogP contribution is -1.77. The van der Waals surface area contributed by atoms with Gasteiger partial charge in [-0.1, -0.05) is 12.2 Å². The Hall–Kier alpha value is -0.300. The molecule has 1 nitrogen and oxygen atoms in total. The number of rotatable bonds is 0. The van der Waals surface area contributed by atoms with Crippen LogP contribution in [0.5, 0.6) is 0 Å². The van der Waals surface area contributed by atoms with Crippen LogP contribution in [0.4, 0.5) is 0 Å². The fourth-order valence-corrected chi connectivity index (χ4v) is 0.760. The van der Waals surface area contributed by atoms with Gasteiger partial charge in [0.05, 0.1) is 0 Å². The summed E-state index contributed by atoms with van der Waals surface area (Å²) in [4.78, 5) is 0. The largest absolute Gasteiger partial charge is 0.400 e. The highest BCUT2D eigenvalue weighted by atomic mass is 16.2. The Morgan fingerprint density at radius 3 is 1.50 bits per heavy atom. The Morgan fingerprint density at radius 2 is 1.38 bits per heavy atom. The molecule has 0 aliphatic heterocycles. The second kappa shape index (κ2) is 6.70. The number of aliphatic hydroxyl groups is 1. The summed E-state index contributed by atoms with van der Waals surface area (Å²) in [7, 11) is 1.00. The zero-order chi connectivity index (χ0) is 6.24. The van der Waals surface area contributed by atoms with Gasteiger partial charge in [-0.25, -0.2) is 0 Å². The maximum atomic E-state index is 7.00. The van der Waals surface area contributed by atoms with Crippen molar-refractivity contribution >= 4 is 0 Å². The Kier molecular flexibility index (Phi) is 6.45. The molecule has 0 saturated carbocycles. The monoisotopic (exact) mass is 114 g/mol. The zero-order valence-corrected chi connectivity index (χ0v) is 5.43. The molecule has 1 heteroatoms. The molecule has 1 aliphatic carbocycles. The van der Waals surface area contributed by atoms with E-state index in [0.29, 0.717) is 0 Å². The molecule has 1 rings (SSSR count). The minimum Gasteiger partial charge on any atom is -0.400 e. The number of allylic oxidation sites excluding steroid dienone is 2. The van der Waals surface area contributed by atoms with Gasteiger partial charge in [-0.15, -0.1) is 0 Å². The summed E-state index contributed by atoms with van der Waals surface area (Å²) < 4.78 is 0. The molecule has 0 unspecified atom stereocenters. The molecule has 8 heavy (non-hydrogen) atoms. The molecule has 0 aromatic heterocycles. The first-order chi connectivity index (χ1) is 4.00. The molecule has 1 N–H and O–H groups in total. The van der Waals surface area contributed by atoms with Gasteiger partial charge >= 0.3 is 0 Å². The molecule has 0 amide bonds. The van der Waals surface area contributed by atoms with Crippen LogP contribution in [0.3, 0.4) is 0 Å². The van der Waals surface area contributed by atoms with Crippen molar-refractivity contribution in [2.24, 2.45) is 0 Å². The van der Waals surface area contributed by atoms with Crippen molar-refractivity contribution in [3.63, 3.8) is 0 Å². The quantitative estimate of drug-likeness (QED) is 0.475. The van der Waals surface area contributed by atoms with Gasteiger partial charge in [0.2, 0.25) is 0 Å². The third-order valence-corrected chi connectivity index (χ3v) is 1.16. The molecule has 0 fully saturated rings. The lowest BCUT2D eigenvalue weighted by Gasteiger charge is -1.97. The summed E-state index contributed by atoms with van der Waals surface area (Å²) in [6, 6.07) is 0. The van der Waals surface area contributed by atoms with E-state index in [9.17, 15) is 0 Å². The maximum absolute atomic E-state index is 7.00. The Labute approximate surface area is 51.0 Å². The fraction of sp³-hybridized carbons (Fsp3) is 0.714. The lowest BCUT2D eigenvalue weighted by atomic mass is 10.1. The first-order valence-corrected chi connectivity index (χ1v) is 3.10. The first-order valence-electron chi connectivity index (χ1n) is 3.10. The van der Waals surface area contributed by atoms with Crippen LogP contribution in [0.2, 0.25) is 0 Å². The average Bonchev–Trinajstić information content (AvgIpc) is 1.96. The molecule has 0 atom stereocenters. The first kappa shape index (κ1) is 7.70. The van der Waals surface area contributed by atoms with Gasteiger partial charge < -0.3 is 5.11 Å². The van der Waals surface area contributed by atoms with Crippen molar-refractivity contribution in [1.29, 1.82) is 0 Å². The van der Waals surface area contributed by atoms with Crippen molar-refractivity contribution < 1.29 is 5.11 Å². The van der Waals surface area contributed by atoms with Gasteiger partial charge in [0.1, 0.15) is 0 Å². The number of hydrogen-bond donors (Lipinski definition) is 1. The fourth-order valence-electron chi connectivity index (χ4n) is 0.760. The lowest BCUT2D eigenvalue weighted by molar-refractivity contribution is 0.399. The standard InChI is InChI=1S/C6H10.CH4O/c1-2-4-6-5-3-1;1-2/h1-2H,3-6H2;2H,1H3. The summed E-state index contributed by atoms with van der Waals surface area (Å²) in [5.74, 6) is 0. The molecule has 0 radical (unpaired) electrons. The second-order valence-corrected chi connectivity index (χ2v) is 1.76.